The highest BCUT2D eigenvalue weighted by molar-refractivity contribution is 6.05. The molecule has 0 fully saturated rings. The van der Waals surface area contributed by atoms with Gasteiger partial charge in [-0.15, -0.1) is 5.92 Å². The van der Waals surface area contributed by atoms with Crippen molar-refractivity contribution in [3.05, 3.63) is 47.9 Å². The second-order valence-electron chi connectivity index (χ2n) is 5.38. The molecule has 0 aliphatic heterocycles. The smallest absolute Gasteiger partial charge is 0.272 e. The zero-order valence-electron chi connectivity index (χ0n) is 13.3. The average molecular weight is 322 g/mol. The van der Waals surface area contributed by atoms with Crippen molar-refractivity contribution in [2.24, 2.45) is 0 Å². The zero-order chi connectivity index (χ0) is 16.9. The van der Waals surface area contributed by atoms with E-state index in [1.54, 1.807) is 17.1 Å². The molecule has 6 nitrogen and oxygen atoms in total. The van der Waals surface area contributed by atoms with Crippen molar-refractivity contribution in [2.45, 2.75) is 19.9 Å². The predicted molar refractivity (Wildman–Crippen MR) is 92.7 cm³/mol. The molecule has 2 aromatic heterocycles. The second kappa shape index (κ2) is 7.02. The Bertz CT molecular complexity index is 927. The molecule has 0 unspecified atom stereocenters. The van der Waals surface area contributed by atoms with Gasteiger partial charge in [0.1, 0.15) is 5.69 Å². The van der Waals surface area contributed by atoms with Crippen LogP contribution in [0.25, 0.3) is 10.9 Å². The lowest BCUT2D eigenvalue weighted by Gasteiger charge is -1.99. The highest BCUT2D eigenvalue weighted by Crippen LogP contribution is 2.18. The molecule has 122 valence electrons. The molecule has 6 heteroatoms. The SMILES string of the molecule is CC#CCc1ccc2[nH]c(C(=O)Nc3cnn(CCO)c3)cc2c1. The third-order valence-electron chi connectivity index (χ3n) is 3.62. The van der Waals surface area contributed by atoms with E-state index in [-0.39, 0.29) is 12.5 Å². The van der Waals surface area contributed by atoms with Crippen LogP contribution in [-0.4, -0.2) is 32.4 Å². The fourth-order valence-electron chi connectivity index (χ4n) is 2.46. The lowest BCUT2D eigenvalue weighted by molar-refractivity contribution is 0.102. The maximum absolute atomic E-state index is 12.4. The van der Waals surface area contributed by atoms with E-state index in [9.17, 15) is 4.79 Å². The van der Waals surface area contributed by atoms with E-state index in [1.165, 1.54) is 0 Å². The Morgan fingerprint density at radius 1 is 1.42 bits per heavy atom. The summed E-state index contributed by atoms with van der Waals surface area (Å²) in [4.78, 5) is 15.5. The molecule has 0 saturated heterocycles. The number of hydrogen-bond acceptors (Lipinski definition) is 3. The molecule has 0 aliphatic rings. The number of benzene rings is 1. The number of carbonyl (C=O) groups excluding carboxylic acids is 1. The van der Waals surface area contributed by atoms with Crippen molar-refractivity contribution in [2.75, 3.05) is 11.9 Å². The lowest BCUT2D eigenvalue weighted by Crippen LogP contribution is -2.11. The molecule has 0 bridgehead atoms. The maximum Gasteiger partial charge on any atom is 0.272 e. The zero-order valence-corrected chi connectivity index (χ0v) is 13.3. The van der Waals surface area contributed by atoms with Crippen molar-refractivity contribution in [3.63, 3.8) is 0 Å². The number of aromatic amines is 1. The predicted octanol–water partition coefficient (Wildman–Crippen LogP) is 2.17. The molecule has 3 aromatic rings. The van der Waals surface area contributed by atoms with Crippen LogP contribution < -0.4 is 5.32 Å². The first kappa shape index (κ1) is 15.8. The van der Waals surface area contributed by atoms with Gasteiger partial charge in [0.05, 0.1) is 25.0 Å². The van der Waals surface area contributed by atoms with E-state index in [4.69, 9.17) is 5.11 Å². The quantitative estimate of drug-likeness (QED) is 0.630. The number of hydrogen-bond donors (Lipinski definition) is 3. The van der Waals surface area contributed by atoms with E-state index in [0.717, 1.165) is 16.5 Å². The summed E-state index contributed by atoms with van der Waals surface area (Å²) in [6.45, 7) is 2.22. The fraction of sp³-hybridized carbons (Fsp3) is 0.222. The number of anilines is 1. The van der Waals surface area contributed by atoms with Gasteiger partial charge < -0.3 is 15.4 Å². The van der Waals surface area contributed by atoms with Crippen LogP contribution in [0.3, 0.4) is 0 Å². The molecule has 1 amide bonds. The van der Waals surface area contributed by atoms with E-state index in [2.05, 4.69) is 27.2 Å². The van der Waals surface area contributed by atoms with Gasteiger partial charge in [-0.05, 0) is 30.7 Å². The van der Waals surface area contributed by atoms with Crippen LogP contribution in [-0.2, 0) is 13.0 Å². The molecule has 1 aromatic carbocycles. The third kappa shape index (κ3) is 3.47. The summed E-state index contributed by atoms with van der Waals surface area (Å²) in [5.74, 6) is 5.69. The molecule has 3 rings (SSSR count). The molecule has 2 heterocycles. The Morgan fingerprint density at radius 3 is 3.08 bits per heavy atom. The standard InChI is InChI=1S/C18H18N4O2/c1-2-3-4-13-5-6-16-14(9-13)10-17(21-16)18(24)20-15-11-19-22(12-15)7-8-23/h5-6,9-12,21,23H,4,7-8H2,1H3,(H,20,24). The van der Waals surface area contributed by atoms with Crippen LogP contribution in [0.1, 0.15) is 23.0 Å². The second-order valence-corrected chi connectivity index (χ2v) is 5.38. The number of nitrogens with one attached hydrogen (secondary N) is 2. The van der Waals surface area contributed by atoms with Crippen molar-refractivity contribution in [1.29, 1.82) is 0 Å². The fourth-order valence-corrected chi connectivity index (χ4v) is 2.46. The minimum absolute atomic E-state index is 0.00181. The first-order chi connectivity index (χ1) is 11.7. The van der Waals surface area contributed by atoms with Crippen LogP contribution in [0.4, 0.5) is 5.69 Å². The van der Waals surface area contributed by atoms with Gasteiger partial charge in [0, 0.05) is 23.5 Å². The molecule has 0 spiro atoms. The summed E-state index contributed by atoms with van der Waals surface area (Å²) in [5, 5.41) is 16.7. The number of carbonyl (C=O) groups is 1. The third-order valence-corrected chi connectivity index (χ3v) is 3.62. The number of nitrogens with zero attached hydrogens (tertiary/aromatic N) is 2. The number of aromatic nitrogens is 3. The van der Waals surface area contributed by atoms with Crippen molar-refractivity contribution in [1.82, 2.24) is 14.8 Å². The number of aliphatic hydroxyl groups excluding tert-OH is 1. The van der Waals surface area contributed by atoms with E-state index in [1.807, 2.05) is 31.2 Å². The highest BCUT2D eigenvalue weighted by atomic mass is 16.3. The molecule has 0 radical (unpaired) electrons. The van der Waals surface area contributed by atoms with Gasteiger partial charge >= 0.3 is 0 Å². The maximum atomic E-state index is 12.4. The number of H-pyrrole nitrogens is 1. The Kier molecular flexibility index (Phi) is 4.64. The number of fused-ring (bicyclic) bond motifs is 1. The minimum Gasteiger partial charge on any atom is -0.394 e. The number of aliphatic hydroxyl groups is 1. The van der Waals surface area contributed by atoms with Gasteiger partial charge in [-0.3, -0.25) is 9.48 Å². The van der Waals surface area contributed by atoms with Gasteiger partial charge in [-0.2, -0.15) is 5.10 Å². The van der Waals surface area contributed by atoms with Gasteiger partial charge in [0.2, 0.25) is 0 Å². The van der Waals surface area contributed by atoms with E-state index in [0.29, 0.717) is 24.3 Å². The molecular formula is C18H18N4O2. The van der Waals surface area contributed by atoms with E-state index < -0.39 is 0 Å². The van der Waals surface area contributed by atoms with Crippen LogP contribution >= 0.6 is 0 Å². The lowest BCUT2D eigenvalue weighted by atomic mass is 10.1. The molecule has 0 aliphatic carbocycles. The minimum atomic E-state index is -0.232. The molecule has 24 heavy (non-hydrogen) atoms. The van der Waals surface area contributed by atoms with Crippen LogP contribution in [0, 0.1) is 11.8 Å². The largest absolute Gasteiger partial charge is 0.394 e. The summed E-state index contributed by atoms with van der Waals surface area (Å²) < 4.78 is 1.57. The number of amides is 1. The molecule has 0 atom stereocenters. The monoisotopic (exact) mass is 322 g/mol. The topological polar surface area (TPSA) is 82.9 Å². The molecular weight excluding hydrogens is 304 g/mol. The average Bonchev–Trinajstić information content (AvgIpc) is 3.19. The Hall–Kier alpha value is -3.04. The van der Waals surface area contributed by atoms with Gasteiger partial charge in [0.25, 0.3) is 5.91 Å². The van der Waals surface area contributed by atoms with Crippen LogP contribution in [0.2, 0.25) is 0 Å². The van der Waals surface area contributed by atoms with Crippen LogP contribution in [0.15, 0.2) is 36.7 Å². The Morgan fingerprint density at radius 2 is 2.29 bits per heavy atom. The summed E-state index contributed by atoms with van der Waals surface area (Å²) >= 11 is 0. The first-order valence-electron chi connectivity index (χ1n) is 7.65. The van der Waals surface area contributed by atoms with Crippen molar-refractivity contribution < 1.29 is 9.90 Å². The summed E-state index contributed by atoms with van der Waals surface area (Å²) in [7, 11) is 0. The Balaban J connectivity index is 1.77. The molecule has 3 N–H and O–H groups in total. The number of rotatable bonds is 5. The van der Waals surface area contributed by atoms with Gasteiger partial charge in [-0.25, -0.2) is 0 Å². The van der Waals surface area contributed by atoms with Gasteiger partial charge in [-0.1, -0.05) is 12.0 Å². The highest BCUT2D eigenvalue weighted by Gasteiger charge is 2.11. The van der Waals surface area contributed by atoms with Gasteiger partial charge in [0.15, 0.2) is 0 Å². The van der Waals surface area contributed by atoms with E-state index >= 15 is 0 Å². The van der Waals surface area contributed by atoms with Crippen molar-refractivity contribution >= 4 is 22.5 Å². The normalized spacial score (nSPS) is 10.4. The van der Waals surface area contributed by atoms with Crippen molar-refractivity contribution in [3.8, 4) is 11.8 Å². The molecule has 0 saturated carbocycles. The van der Waals surface area contributed by atoms with Crippen LogP contribution in [0.5, 0.6) is 0 Å². The first-order valence-corrected chi connectivity index (χ1v) is 7.65. The summed E-state index contributed by atoms with van der Waals surface area (Å²) in [6, 6.07) is 7.82. The summed E-state index contributed by atoms with van der Waals surface area (Å²) in [6.07, 6.45) is 3.93. The Labute approximate surface area is 139 Å². The summed E-state index contributed by atoms with van der Waals surface area (Å²) in [5.41, 5.74) is 3.10.